The van der Waals surface area contributed by atoms with Gasteiger partial charge < -0.3 is 5.32 Å². The summed E-state index contributed by atoms with van der Waals surface area (Å²) in [6.07, 6.45) is 8.79. The normalized spacial score (nSPS) is 15.3. The second-order valence-electron chi connectivity index (χ2n) is 9.24. The van der Waals surface area contributed by atoms with Crippen LogP contribution in [0.3, 0.4) is 0 Å². The Bertz CT molecular complexity index is 1260. The van der Waals surface area contributed by atoms with Crippen LogP contribution in [0.2, 0.25) is 0 Å². The number of hydrogen-bond acceptors (Lipinski definition) is 7. The molecule has 0 spiro atoms. The fourth-order valence-corrected chi connectivity index (χ4v) is 4.87. The molecule has 0 amide bonds. The molecule has 176 valence electrons. The summed E-state index contributed by atoms with van der Waals surface area (Å²) in [6, 6.07) is 7.92. The first-order chi connectivity index (χ1) is 15.7. The predicted octanol–water partition coefficient (Wildman–Crippen LogP) is 3.96. The van der Waals surface area contributed by atoms with Crippen LogP contribution in [-0.2, 0) is 27.6 Å². The Morgan fingerprint density at radius 2 is 1.88 bits per heavy atom. The molecule has 1 aliphatic carbocycles. The number of ketones is 1. The highest BCUT2D eigenvalue weighted by atomic mass is 32.2. The first-order valence-electron chi connectivity index (χ1n) is 11.5. The maximum Gasteiger partial charge on any atom is 0.252 e. The second kappa shape index (κ2) is 9.59. The van der Waals surface area contributed by atoms with Crippen LogP contribution in [0.15, 0.2) is 35.6 Å². The van der Waals surface area contributed by atoms with Crippen molar-refractivity contribution < 1.29 is 13.2 Å². The summed E-state index contributed by atoms with van der Waals surface area (Å²) < 4.78 is 25.9. The number of nitrogens with one attached hydrogen (secondary N) is 1. The van der Waals surface area contributed by atoms with Crippen molar-refractivity contribution in [1.29, 1.82) is 0 Å². The minimum absolute atomic E-state index is 0.135. The highest BCUT2D eigenvalue weighted by Gasteiger charge is 2.22. The molecule has 4 rings (SSSR count). The molecule has 1 aromatic carbocycles. The Kier molecular flexibility index (Phi) is 6.78. The SMILES string of the molecule is CC(C)c1cnn2c(NCc3cccc(CC(=O)C4CCCCC4)c3)nc(S(C)(=O)=O)nc12. The number of carbonyl (C=O) groups is 1. The smallest absolute Gasteiger partial charge is 0.252 e. The van der Waals surface area contributed by atoms with Crippen LogP contribution in [0, 0.1) is 5.92 Å². The summed E-state index contributed by atoms with van der Waals surface area (Å²) in [7, 11) is -3.59. The number of aromatic nitrogens is 4. The van der Waals surface area contributed by atoms with Gasteiger partial charge in [-0.05, 0) is 29.9 Å². The van der Waals surface area contributed by atoms with Crippen LogP contribution in [0.25, 0.3) is 5.65 Å². The molecule has 33 heavy (non-hydrogen) atoms. The molecule has 1 saturated carbocycles. The fraction of sp³-hybridized carbons (Fsp3) is 0.500. The van der Waals surface area contributed by atoms with Crippen molar-refractivity contribution in [2.24, 2.45) is 5.92 Å². The van der Waals surface area contributed by atoms with Gasteiger partial charge in [-0.3, -0.25) is 4.79 Å². The summed E-state index contributed by atoms with van der Waals surface area (Å²) in [4.78, 5) is 21.2. The largest absolute Gasteiger partial charge is 0.350 e. The van der Waals surface area contributed by atoms with E-state index < -0.39 is 9.84 Å². The van der Waals surface area contributed by atoms with E-state index in [1.165, 1.54) is 6.42 Å². The van der Waals surface area contributed by atoms with E-state index in [-0.39, 0.29) is 17.0 Å². The molecule has 1 fully saturated rings. The van der Waals surface area contributed by atoms with E-state index >= 15 is 0 Å². The van der Waals surface area contributed by atoms with Gasteiger partial charge in [-0.15, -0.1) is 0 Å². The summed E-state index contributed by atoms with van der Waals surface area (Å²) in [5, 5.41) is 7.36. The molecule has 1 N–H and O–H groups in total. The molecule has 2 aromatic heterocycles. The zero-order valence-corrected chi connectivity index (χ0v) is 20.2. The van der Waals surface area contributed by atoms with E-state index in [2.05, 4.69) is 20.4 Å². The third-order valence-corrected chi connectivity index (χ3v) is 7.06. The van der Waals surface area contributed by atoms with Gasteiger partial charge in [0.25, 0.3) is 5.16 Å². The van der Waals surface area contributed by atoms with Gasteiger partial charge in [0.2, 0.25) is 15.8 Å². The predicted molar refractivity (Wildman–Crippen MR) is 127 cm³/mol. The highest BCUT2D eigenvalue weighted by Crippen LogP contribution is 2.26. The van der Waals surface area contributed by atoms with Gasteiger partial charge in [-0.2, -0.15) is 19.6 Å². The van der Waals surface area contributed by atoms with Gasteiger partial charge in [0, 0.05) is 30.7 Å². The van der Waals surface area contributed by atoms with Gasteiger partial charge in [0.05, 0.1) is 6.20 Å². The summed E-state index contributed by atoms with van der Waals surface area (Å²) >= 11 is 0. The maximum atomic E-state index is 12.7. The Labute approximate surface area is 194 Å². The standard InChI is InChI=1S/C24H31N5O3S/c1-16(2)20-15-26-29-22(20)27-24(33(3,31)32)28-23(29)25-14-18-9-7-8-17(12-18)13-21(30)19-10-5-4-6-11-19/h7-9,12,15-16,19H,4-6,10-11,13-14H2,1-3H3,(H,25,27,28). The molecule has 2 heterocycles. The van der Waals surface area contributed by atoms with Crippen LogP contribution in [-0.4, -0.2) is 40.0 Å². The Morgan fingerprint density at radius 1 is 1.15 bits per heavy atom. The minimum atomic E-state index is -3.59. The average Bonchev–Trinajstić information content (AvgIpc) is 3.22. The lowest BCUT2D eigenvalue weighted by atomic mass is 9.84. The topological polar surface area (TPSA) is 106 Å². The van der Waals surface area contributed by atoms with Crippen molar-refractivity contribution in [3.63, 3.8) is 0 Å². The van der Waals surface area contributed by atoms with Gasteiger partial charge in [0.1, 0.15) is 5.78 Å². The summed E-state index contributed by atoms with van der Waals surface area (Å²) in [6.45, 7) is 4.43. The quantitative estimate of drug-likeness (QED) is 0.532. The molecule has 9 heteroatoms. The zero-order chi connectivity index (χ0) is 23.6. The van der Waals surface area contributed by atoms with E-state index in [9.17, 15) is 13.2 Å². The summed E-state index contributed by atoms with van der Waals surface area (Å²) in [5.74, 6) is 0.971. The Morgan fingerprint density at radius 3 is 2.58 bits per heavy atom. The molecule has 0 radical (unpaired) electrons. The molecule has 0 unspecified atom stereocenters. The van der Waals surface area contributed by atoms with Crippen LogP contribution in [0.1, 0.15) is 68.6 Å². The van der Waals surface area contributed by atoms with E-state index in [0.717, 1.165) is 48.6 Å². The lowest BCUT2D eigenvalue weighted by Gasteiger charge is -2.20. The zero-order valence-electron chi connectivity index (χ0n) is 19.4. The molecule has 0 atom stereocenters. The van der Waals surface area contributed by atoms with Crippen LogP contribution in [0.4, 0.5) is 5.95 Å². The molecule has 8 nitrogen and oxygen atoms in total. The molecule has 0 aliphatic heterocycles. The Balaban J connectivity index is 1.55. The highest BCUT2D eigenvalue weighted by molar-refractivity contribution is 7.90. The molecule has 3 aromatic rings. The first-order valence-corrected chi connectivity index (χ1v) is 13.4. The number of Topliss-reactive ketones (excluding diaryl/α,β-unsaturated/α-hetero) is 1. The van der Waals surface area contributed by atoms with E-state index in [4.69, 9.17) is 0 Å². The number of rotatable bonds is 8. The second-order valence-corrected chi connectivity index (χ2v) is 11.2. The van der Waals surface area contributed by atoms with Crippen molar-refractivity contribution in [3.8, 4) is 0 Å². The lowest BCUT2D eigenvalue weighted by molar-refractivity contribution is -0.123. The van der Waals surface area contributed by atoms with Crippen LogP contribution < -0.4 is 5.32 Å². The molecular formula is C24H31N5O3S. The minimum Gasteiger partial charge on any atom is -0.350 e. The van der Waals surface area contributed by atoms with E-state index in [1.54, 1.807) is 10.7 Å². The number of nitrogens with zero attached hydrogens (tertiary/aromatic N) is 4. The average molecular weight is 470 g/mol. The van der Waals surface area contributed by atoms with Gasteiger partial charge >= 0.3 is 0 Å². The number of benzene rings is 1. The summed E-state index contributed by atoms with van der Waals surface area (Å²) in [5.41, 5.74) is 3.31. The molecule has 0 saturated heterocycles. The van der Waals surface area contributed by atoms with E-state index in [1.807, 2.05) is 38.1 Å². The van der Waals surface area contributed by atoms with Gasteiger partial charge in [0.15, 0.2) is 5.65 Å². The lowest BCUT2D eigenvalue weighted by Crippen LogP contribution is -2.19. The number of fused-ring (bicyclic) bond motifs is 1. The molecular weight excluding hydrogens is 438 g/mol. The van der Waals surface area contributed by atoms with Crippen LogP contribution in [0.5, 0.6) is 0 Å². The first kappa shape index (κ1) is 23.4. The van der Waals surface area contributed by atoms with Gasteiger partial charge in [-0.1, -0.05) is 57.4 Å². The van der Waals surface area contributed by atoms with Crippen molar-refractivity contribution in [2.75, 3.05) is 11.6 Å². The number of hydrogen-bond donors (Lipinski definition) is 1. The van der Waals surface area contributed by atoms with Crippen molar-refractivity contribution in [3.05, 3.63) is 47.2 Å². The molecule has 0 bridgehead atoms. The third kappa shape index (κ3) is 5.40. The molecule has 1 aliphatic rings. The number of anilines is 1. The van der Waals surface area contributed by atoms with Crippen molar-refractivity contribution in [2.45, 2.75) is 70.0 Å². The van der Waals surface area contributed by atoms with Crippen molar-refractivity contribution in [1.82, 2.24) is 19.6 Å². The number of carbonyl (C=O) groups excluding carboxylic acids is 1. The third-order valence-electron chi connectivity index (χ3n) is 6.21. The van der Waals surface area contributed by atoms with Crippen LogP contribution >= 0.6 is 0 Å². The monoisotopic (exact) mass is 469 g/mol. The number of sulfone groups is 1. The Hall–Kier alpha value is -2.81. The van der Waals surface area contributed by atoms with Gasteiger partial charge in [-0.25, -0.2) is 8.42 Å². The van der Waals surface area contributed by atoms with E-state index in [0.29, 0.717) is 30.3 Å². The maximum absolute atomic E-state index is 12.7. The fourth-order valence-electron chi connectivity index (χ4n) is 4.36. The van der Waals surface area contributed by atoms with Crippen molar-refractivity contribution >= 4 is 27.2 Å².